The van der Waals surface area contributed by atoms with Crippen molar-refractivity contribution in [2.45, 2.75) is 19.3 Å². The highest BCUT2D eigenvalue weighted by atomic mass is 16.5. The van der Waals surface area contributed by atoms with Gasteiger partial charge >= 0.3 is 5.97 Å². The fourth-order valence-electron chi connectivity index (χ4n) is 2.37. The number of nitrogens with one attached hydrogen (secondary N) is 1. The molecule has 0 unspecified atom stereocenters. The highest BCUT2D eigenvalue weighted by Crippen LogP contribution is 2.25. The summed E-state index contributed by atoms with van der Waals surface area (Å²) in [6.07, 6.45) is 0.651. The van der Waals surface area contributed by atoms with Crippen LogP contribution in [0, 0.1) is 0 Å². The van der Waals surface area contributed by atoms with Crippen molar-refractivity contribution in [2.75, 3.05) is 12.4 Å². The van der Waals surface area contributed by atoms with Gasteiger partial charge in [0.15, 0.2) is 0 Å². The first kappa shape index (κ1) is 16.5. The van der Waals surface area contributed by atoms with Crippen LogP contribution in [0.25, 0.3) is 0 Å². The minimum Gasteiger partial charge on any atom is -0.507 e. The largest absolute Gasteiger partial charge is 0.507 e. The minimum absolute atomic E-state index is 0.0121. The monoisotopic (exact) mass is 313 g/mol. The Morgan fingerprint density at radius 2 is 1.87 bits per heavy atom. The van der Waals surface area contributed by atoms with Crippen LogP contribution in [0.4, 0.5) is 5.69 Å². The lowest BCUT2D eigenvalue weighted by molar-refractivity contribution is -0.117. The van der Waals surface area contributed by atoms with Crippen LogP contribution in [0.5, 0.6) is 5.75 Å². The predicted octanol–water partition coefficient (Wildman–Crippen LogP) is 3.31. The van der Waals surface area contributed by atoms with Gasteiger partial charge in [-0.3, -0.25) is 4.79 Å². The van der Waals surface area contributed by atoms with E-state index in [1.165, 1.54) is 25.3 Å². The van der Waals surface area contributed by atoms with Crippen molar-refractivity contribution in [3.8, 4) is 5.75 Å². The summed E-state index contributed by atoms with van der Waals surface area (Å²) in [6, 6.07) is 13.8. The van der Waals surface area contributed by atoms with Crippen molar-refractivity contribution in [1.29, 1.82) is 0 Å². The molecule has 1 atom stereocenters. The van der Waals surface area contributed by atoms with Crippen molar-refractivity contribution in [2.24, 2.45) is 0 Å². The van der Waals surface area contributed by atoms with Crippen LogP contribution in [0.1, 0.15) is 35.2 Å². The van der Waals surface area contributed by atoms with Crippen molar-refractivity contribution in [1.82, 2.24) is 0 Å². The molecule has 2 rings (SSSR count). The fraction of sp³-hybridized carbons (Fsp3) is 0.222. The number of methoxy groups -OCH3 is 1. The van der Waals surface area contributed by atoms with E-state index in [0.717, 1.165) is 5.56 Å². The second-order valence-corrected chi connectivity index (χ2v) is 5.08. The molecule has 2 aromatic carbocycles. The van der Waals surface area contributed by atoms with Gasteiger partial charge in [-0.15, -0.1) is 0 Å². The smallest absolute Gasteiger partial charge is 0.341 e. The van der Waals surface area contributed by atoms with Gasteiger partial charge in [-0.1, -0.05) is 37.3 Å². The summed E-state index contributed by atoms with van der Waals surface area (Å²) in [7, 11) is 1.23. The number of ether oxygens (including phenoxy) is 1. The van der Waals surface area contributed by atoms with Crippen molar-refractivity contribution >= 4 is 17.6 Å². The Balaban J connectivity index is 2.21. The first-order valence-corrected chi connectivity index (χ1v) is 7.34. The molecule has 0 aliphatic rings. The lowest BCUT2D eigenvalue weighted by Gasteiger charge is -2.16. The van der Waals surface area contributed by atoms with E-state index in [9.17, 15) is 14.7 Å². The lowest BCUT2D eigenvalue weighted by Crippen LogP contribution is -2.20. The number of carbonyl (C=O) groups is 2. The number of hydrogen-bond donors (Lipinski definition) is 2. The number of anilines is 1. The van der Waals surface area contributed by atoms with E-state index >= 15 is 0 Å². The zero-order chi connectivity index (χ0) is 16.8. The van der Waals surface area contributed by atoms with E-state index in [0.29, 0.717) is 12.1 Å². The summed E-state index contributed by atoms with van der Waals surface area (Å²) >= 11 is 0. The molecule has 0 fully saturated rings. The Morgan fingerprint density at radius 1 is 1.17 bits per heavy atom. The zero-order valence-corrected chi connectivity index (χ0v) is 13.1. The van der Waals surface area contributed by atoms with Crippen LogP contribution in [0.2, 0.25) is 0 Å². The zero-order valence-electron chi connectivity index (χ0n) is 13.1. The molecule has 0 bridgehead atoms. The van der Waals surface area contributed by atoms with Gasteiger partial charge in [0.2, 0.25) is 5.91 Å². The van der Waals surface area contributed by atoms with Gasteiger partial charge in [0.1, 0.15) is 11.3 Å². The number of aromatic hydroxyl groups is 1. The number of rotatable bonds is 5. The molecule has 2 aromatic rings. The van der Waals surface area contributed by atoms with Crippen LogP contribution in [-0.2, 0) is 9.53 Å². The maximum atomic E-state index is 12.5. The Morgan fingerprint density at radius 3 is 2.48 bits per heavy atom. The van der Waals surface area contributed by atoms with Crippen LogP contribution in [0.3, 0.4) is 0 Å². The average molecular weight is 313 g/mol. The SMILES string of the molecule is CC[C@H](C(=O)Nc1ccc(O)c(C(=O)OC)c1)c1ccccc1. The second-order valence-electron chi connectivity index (χ2n) is 5.08. The van der Waals surface area contributed by atoms with Crippen molar-refractivity contribution in [3.63, 3.8) is 0 Å². The molecule has 23 heavy (non-hydrogen) atoms. The molecule has 0 heterocycles. The fourth-order valence-corrected chi connectivity index (χ4v) is 2.37. The molecule has 5 heteroatoms. The number of phenols is 1. The van der Waals surface area contributed by atoms with Gasteiger partial charge in [-0.2, -0.15) is 0 Å². The number of phenolic OH excluding ortho intramolecular Hbond substituents is 1. The van der Waals surface area contributed by atoms with Crippen molar-refractivity contribution in [3.05, 3.63) is 59.7 Å². The molecule has 0 aromatic heterocycles. The van der Waals surface area contributed by atoms with E-state index in [-0.39, 0.29) is 23.1 Å². The topological polar surface area (TPSA) is 75.6 Å². The van der Waals surface area contributed by atoms with Crippen molar-refractivity contribution < 1.29 is 19.4 Å². The van der Waals surface area contributed by atoms with E-state index in [2.05, 4.69) is 10.1 Å². The third-order valence-electron chi connectivity index (χ3n) is 3.60. The molecular weight excluding hydrogens is 294 g/mol. The summed E-state index contributed by atoms with van der Waals surface area (Å²) < 4.78 is 4.60. The predicted molar refractivity (Wildman–Crippen MR) is 87.6 cm³/mol. The summed E-state index contributed by atoms with van der Waals surface area (Å²) in [4.78, 5) is 24.1. The molecule has 0 saturated heterocycles. The highest BCUT2D eigenvalue weighted by molar-refractivity contribution is 5.98. The van der Waals surface area contributed by atoms with Gasteiger partial charge in [-0.25, -0.2) is 4.79 Å². The standard InChI is InChI=1S/C18H19NO4/c1-3-14(12-7-5-4-6-8-12)17(21)19-13-9-10-16(20)15(11-13)18(22)23-2/h4-11,14,20H,3H2,1-2H3,(H,19,21)/t14-/m0/s1. The molecule has 120 valence electrons. The molecule has 0 aliphatic carbocycles. The van der Waals surface area contributed by atoms with E-state index in [1.54, 1.807) is 0 Å². The Hall–Kier alpha value is -2.82. The normalized spacial score (nSPS) is 11.6. The van der Waals surface area contributed by atoms with Crippen LogP contribution in [0.15, 0.2) is 48.5 Å². The Labute approximate surface area is 134 Å². The Bertz CT molecular complexity index is 697. The minimum atomic E-state index is -0.659. The van der Waals surface area contributed by atoms with E-state index in [1.807, 2.05) is 37.3 Å². The highest BCUT2D eigenvalue weighted by Gasteiger charge is 2.19. The first-order valence-electron chi connectivity index (χ1n) is 7.34. The van der Waals surface area contributed by atoms with Gasteiger partial charge in [-0.05, 0) is 30.2 Å². The molecule has 0 aliphatic heterocycles. The van der Waals surface area contributed by atoms with Gasteiger partial charge in [0.05, 0.1) is 13.0 Å². The molecule has 5 nitrogen and oxygen atoms in total. The molecule has 1 amide bonds. The van der Waals surface area contributed by atoms with Gasteiger partial charge in [0, 0.05) is 5.69 Å². The van der Waals surface area contributed by atoms with E-state index in [4.69, 9.17) is 0 Å². The summed E-state index contributed by atoms with van der Waals surface area (Å²) in [5, 5.41) is 12.5. The van der Waals surface area contributed by atoms with Crippen LogP contribution < -0.4 is 5.32 Å². The molecule has 0 spiro atoms. The third kappa shape index (κ3) is 3.88. The molecule has 0 saturated carbocycles. The van der Waals surface area contributed by atoms with Gasteiger partial charge in [0.25, 0.3) is 0 Å². The van der Waals surface area contributed by atoms with Crippen LogP contribution in [-0.4, -0.2) is 24.1 Å². The number of carbonyl (C=O) groups excluding carboxylic acids is 2. The number of esters is 1. The van der Waals surface area contributed by atoms with Crippen LogP contribution >= 0.6 is 0 Å². The molecular formula is C18H19NO4. The number of benzene rings is 2. The first-order chi connectivity index (χ1) is 11.1. The maximum absolute atomic E-state index is 12.5. The molecule has 0 radical (unpaired) electrons. The quantitative estimate of drug-likeness (QED) is 0.656. The lowest BCUT2D eigenvalue weighted by atomic mass is 9.95. The Kier molecular flexibility index (Phi) is 5.36. The van der Waals surface area contributed by atoms with Gasteiger partial charge < -0.3 is 15.2 Å². The summed E-state index contributed by atoms with van der Waals surface area (Å²) in [5.74, 6) is -1.30. The third-order valence-corrected chi connectivity index (χ3v) is 3.60. The molecule has 2 N–H and O–H groups in total. The summed E-state index contributed by atoms with van der Waals surface area (Å²) in [6.45, 7) is 1.94. The number of hydrogen-bond acceptors (Lipinski definition) is 4. The maximum Gasteiger partial charge on any atom is 0.341 e. The van der Waals surface area contributed by atoms with E-state index < -0.39 is 5.97 Å². The summed E-state index contributed by atoms with van der Waals surface area (Å²) in [5.41, 5.74) is 1.38. The number of amides is 1. The average Bonchev–Trinajstić information content (AvgIpc) is 2.57. The second kappa shape index (κ2) is 7.45.